The zero-order valence-electron chi connectivity index (χ0n) is 41.5. The molecule has 1 fully saturated rings. The number of phenols is 4. The number of nitrogens with one attached hydrogen (secondary N) is 2. The highest BCUT2D eigenvalue weighted by Crippen LogP contribution is 2.53. The third-order valence-corrected chi connectivity index (χ3v) is 14.1. The van der Waals surface area contributed by atoms with Gasteiger partial charge in [0.1, 0.15) is 47.1 Å². The number of ketones is 3. The number of carbonyl (C=O) groups excluding carboxylic acids is 5. The molecule has 75 heavy (non-hydrogen) atoms. The van der Waals surface area contributed by atoms with Crippen molar-refractivity contribution in [2.75, 3.05) is 20.3 Å². The Morgan fingerprint density at radius 3 is 2.20 bits per heavy atom. The zero-order valence-corrected chi connectivity index (χ0v) is 41.5. The van der Waals surface area contributed by atoms with Crippen LogP contribution in [0.15, 0.2) is 78.9 Å². The molecule has 1 aliphatic heterocycles. The minimum Gasteiger partial charge on any atom is -0.508 e. The average Bonchev–Trinajstić information content (AvgIpc) is 3.83. The molecule has 0 radical (unpaired) electrons. The van der Waals surface area contributed by atoms with Gasteiger partial charge >= 0.3 is 0 Å². The first-order chi connectivity index (χ1) is 35.8. The fourth-order valence-corrected chi connectivity index (χ4v) is 10.2. The summed E-state index contributed by atoms with van der Waals surface area (Å²) in [7, 11) is 1.30. The van der Waals surface area contributed by atoms with Crippen LogP contribution in [0.1, 0.15) is 133 Å². The van der Waals surface area contributed by atoms with Gasteiger partial charge in [-0.3, -0.25) is 28.5 Å². The molecule has 1 saturated heterocycles. The van der Waals surface area contributed by atoms with Gasteiger partial charge in [-0.05, 0) is 79.3 Å². The number of hydrogen-bond donors (Lipinski definition) is 9. The summed E-state index contributed by atoms with van der Waals surface area (Å²) in [6, 6.07) is 20.2. The molecule has 0 saturated carbocycles. The van der Waals surface area contributed by atoms with Crippen LogP contribution >= 0.6 is 0 Å². The molecule has 9 N–H and O–H groups in total. The predicted molar refractivity (Wildman–Crippen MR) is 267 cm³/mol. The monoisotopic (exact) mass is 1030 g/mol. The van der Waals surface area contributed by atoms with E-state index in [1.807, 2.05) is 26.0 Å². The molecule has 6 atom stereocenters. The number of benzene rings is 5. The molecule has 0 bridgehead atoms. The second kappa shape index (κ2) is 20.4. The lowest BCUT2D eigenvalue weighted by atomic mass is 9.72. The minimum absolute atomic E-state index is 0.00998. The van der Waals surface area contributed by atoms with Crippen molar-refractivity contribution in [3.05, 3.63) is 140 Å². The van der Waals surface area contributed by atoms with Gasteiger partial charge in [0, 0.05) is 59.8 Å². The van der Waals surface area contributed by atoms with Gasteiger partial charge in [-0.25, -0.2) is 0 Å². The van der Waals surface area contributed by atoms with E-state index in [9.17, 15) is 59.7 Å². The maximum atomic E-state index is 14.1. The normalized spacial score (nSPS) is 21.0. The van der Waals surface area contributed by atoms with Crippen molar-refractivity contribution in [3.8, 4) is 45.8 Å². The van der Waals surface area contributed by atoms with Crippen LogP contribution in [0.3, 0.4) is 0 Å². The number of ether oxygens (including phenoxy) is 3. The SMILES string of the molecule is CCNC(=O)c1nnc(-c2cc(C(C)C)c(O)cc2O)n1-c1ccc(Cc2ccc(C(=O)NC3CC(O[C@H]4C[C@](O)(C(=O)CO)Cc5c(O)c6c(c(O)c54)C(=O)c4c(OC)cccc4C6=O)O[C@H](C)C3O)cc2)cc1. The smallest absolute Gasteiger partial charge is 0.289 e. The number of hydrogen-bond acceptors (Lipinski definition) is 17. The fourth-order valence-electron chi connectivity index (χ4n) is 10.2. The molecule has 20 nitrogen and oxygen atoms in total. The Bertz CT molecular complexity index is 3280. The number of rotatable bonds is 14. The molecule has 390 valence electrons. The quantitative estimate of drug-likeness (QED) is 0.0673. The first-order valence-corrected chi connectivity index (χ1v) is 24.3. The van der Waals surface area contributed by atoms with Crippen molar-refractivity contribution < 1.29 is 73.9 Å². The number of Topliss-reactive ketones (excluding diaryl/α,β-unsaturated/α-hetero) is 1. The molecule has 1 aromatic heterocycles. The van der Waals surface area contributed by atoms with Crippen LogP contribution in [0.2, 0.25) is 0 Å². The number of amides is 2. The number of aromatic nitrogens is 3. The number of nitrogens with zero attached hydrogens (tertiary/aromatic N) is 3. The summed E-state index contributed by atoms with van der Waals surface area (Å²) in [6.45, 7) is 6.33. The number of methoxy groups -OCH3 is 1. The Morgan fingerprint density at radius 1 is 0.867 bits per heavy atom. The summed E-state index contributed by atoms with van der Waals surface area (Å²) < 4.78 is 19.2. The van der Waals surface area contributed by atoms with E-state index in [4.69, 9.17) is 14.2 Å². The van der Waals surface area contributed by atoms with Crippen LogP contribution in [0.5, 0.6) is 28.7 Å². The maximum absolute atomic E-state index is 14.1. The first kappa shape index (κ1) is 51.9. The van der Waals surface area contributed by atoms with Gasteiger partial charge in [0.25, 0.3) is 11.8 Å². The van der Waals surface area contributed by atoms with Crippen LogP contribution in [-0.2, 0) is 27.1 Å². The van der Waals surface area contributed by atoms with Crippen molar-refractivity contribution in [1.82, 2.24) is 25.4 Å². The summed E-state index contributed by atoms with van der Waals surface area (Å²) in [6.07, 6.45) is -6.03. The first-order valence-electron chi connectivity index (χ1n) is 24.3. The topological polar surface area (TPSA) is 309 Å². The van der Waals surface area contributed by atoms with Crippen LogP contribution in [0.4, 0.5) is 0 Å². The number of carbonyl (C=O) groups is 5. The van der Waals surface area contributed by atoms with Crippen molar-refractivity contribution in [1.29, 1.82) is 0 Å². The lowest BCUT2D eigenvalue weighted by Gasteiger charge is -2.43. The molecule has 5 aromatic carbocycles. The second-order valence-corrected chi connectivity index (χ2v) is 19.2. The largest absolute Gasteiger partial charge is 0.508 e. The van der Waals surface area contributed by atoms with Gasteiger partial charge in [-0.15, -0.1) is 10.2 Å². The van der Waals surface area contributed by atoms with E-state index in [1.165, 1.54) is 42.9 Å². The van der Waals surface area contributed by atoms with Gasteiger partial charge < -0.3 is 60.6 Å². The van der Waals surface area contributed by atoms with Crippen molar-refractivity contribution in [2.45, 2.75) is 95.5 Å². The van der Waals surface area contributed by atoms with E-state index in [1.54, 1.807) is 49.4 Å². The van der Waals surface area contributed by atoms with Crippen LogP contribution in [0, 0.1) is 0 Å². The van der Waals surface area contributed by atoms with E-state index < -0.39 is 107 Å². The number of fused-ring (bicyclic) bond motifs is 3. The van der Waals surface area contributed by atoms with Gasteiger partial charge in [-0.1, -0.05) is 50.2 Å². The van der Waals surface area contributed by atoms with E-state index in [2.05, 4.69) is 20.8 Å². The number of aromatic hydroxyl groups is 4. The molecule has 3 unspecified atom stereocenters. The Hall–Kier alpha value is -8.01. The third kappa shape index (κ3) is 9.35. The summed E-state index contributed by atoms with van der Waals surface area (Å²) in [4.78, 5) is 68.0. The van der Waals surface area contributed by atoms with E-state index >= 15 is 0 Å². The highest BCUT2D eigenvalue weighted by atomic mass is 16.7. The van der Waals surface area contributed by atoms with E-state index in [-0.39, 0.29) is 74.6 Å². The lowest BCUT2D eigenvalue weighted by Crippen LogP contribution is -2.55. The maximum Gasteiger partial charge on any atom is 0.289 e. The highest BCUT2D eigenvalue weighted by molar-refractivity contribution is 6.31. The number of aliphatic hydroxyl groups excluding tert-OH is 2. The Morgan fingerprint density at radius 2 is 1.55 bits per heavy atom. The zero-order chi connectivity index (χ0) is 53.8. The highest BCUT2D eigenvalue weighted by Gasteiger charge is 2.50. The summed E-state index contributed by atoms with van der Waals surface area (Å²) in [5, 5.41) is 91.9. The fraction of sp³-hybridized carbons (Fsp3) is 0.327. The number of aliphatic hydroxyl groups is 3. The molecule has 9 rings (SSSR count). The molecular weight excluding hydrogens is 971 g/mol. The van der Waals surface area contributed by atoms with Crippen LogP contribution in [0.25, 0.3) is 17.1 Å². The third-order valence-electron chi connectivity index (χ3n) is 14.1. The lowest BCUT2D eigenvalue weighted by molar-refractivity contribution is -0.249. The van der Waals surface area contributed by atoms with Crippen LogP contribution in [-0.4, -0.2) is 130 Å². The van der Waals surface area contributed by atoms with E-state index in [0.717, 1.165) is 11.1 Å². The Balaban J connectivity index is 0.923. The second-order valence-electron chi connectivity index (χ2n) is 19.2. The average molecular weight is 1030 g/mol. The van der Waals surface area contributed by atoms with Crippen molar-refractivity contribution in [2.24, 2.45) is 0 Å². The summed E-state index contributed by atoms with van der Waals surface area (Å²) in [5.74, 6) is -5.42. The van der Waals surface area contributed by atoms with Crippen molar-refractivity contribution in [3.63, 3.8) is 0 Å². The van der Waals surface area contributed by atoms with Crippen molar-refractivity contribution >= 4 is 29.2 Å². The molecule has 2 aliphatic carbocycles. The molecular formula is C55H55N5O15. The van der Waals surface area contributed by atoms with Gasteiger partial charge in [0.05, 0.1) is 47.6 Å². The number of phenolic OH excluding ortho intramolecular Hbond substituents is 4. The van der Waals surface area contributed by atoms with Gasteiger partial charge in [0.15, 0.2) is 23.7 Å². The molecule has 20 heteroatoms. The van der Waals surface area contributed by atoms with E-state index in [0.29, 0.717) is 24.2 Å². The Labute approximate surface area is 429 Å². The van der Waals surface area contributed by atoms with Crippen LogP contribution < -0.4 is 15.4 Å². The standard InChI is InChI=1S/C55H55N5O15/c1-6-56-54(71)52-59-58-51(33-19-32(25(2)3)36(62)21-37(33)63)60(52)30-16-12-28(13-17-30)18-27-10-14-29(15-11-27)53(70)57-35-20-41(74-26(4)46(35)65)75-39-23-55(72,40(64)24-61)22-34-43(39)50(69)45-44(48(34)67)47(66)31-8-7-9-38(73-5)42(31)49(45)68/h7-17,19,21,25-26,35,39,41,46,61-63,65,67,69,72H,6,18,20,22-24H2,1-5H3,(H,56,71)(H,57,70)/t26-,35?,39+,41?,46?,55+/m1/s1. The summed E-state index contributed by atoms with van der Waals surface area (Å²) >= 11 is 0. The van der Waals surface area contributed by atoms with Gasteiger partial charge in [-0.2, -0.15) is 0 Å². The molecule has 2 heterocycles. The predicted octanol–water partition coefficient (Wildman–Crippen LogP) is 4.60. The van der Waals surface area contributed by atoms with Gasteiger partial charge in [0.2, 0.25) is 11.6 Å². The molecule has 2 amide bonds. The minimum atomic E-state index is -2.38. The summed E-state index contributed by atoms with van der Waals surface area (Å²) in [5.41, 5.74) is -0.839. The Kier molecular flexibility index (Phi) is 14.1. The molecule has 3 aliphatic rings. The molecule has 0 spiro atoms. The molecule has 6 aromatic rings.